The van der Waals surface area contributed by atoms with E-state index in [2.05, 4.69) is 0 Å². The van der Waals surface area contributed by atoms with Crippen LogP contribution in [0.2, 0.25) is 0 Å². The molecule has 0 heterocycles. The highest BCUT2D eigenvalue weighted by atomic mass is 16.5. The molecule has 1 atom stereocenters. The van der Waals surface area contributed by atoms with Crippen LogP contribution in [-0.4, -0.2) is 18.3 Å². The minimum absolute atomic E-state index is 0.0731. The summed E-state index contributed by atoms with van der Waals surface area (Å²) in [6.07, 6.45) is 0.458. The van der Waals surface area contributed by atoms with Crippen molar-refractivity contribution in [1.82, 2.24) is 0 Å². The molecule has 4 nitrogen and oxygen atoms in total. The Morgan fingerprint density at radius 2 is 2.07 bits per heavy atom. The van der Waals surface area contributed by atoms with Crippen LogP contribution in [0.1, 0.15) is 12.0 Å². The Morgan fingerprint density at radius 1 is 1.40 bits per heavy atom. The van der Waals surface area contributed by atoms with Gasteiger partial charge in [-0.2, -0.15) is 0 Å². The Bertz CT molecular complexity index is 324. The van der Waals surface area contributed by atoms with E-state index >= 15 is 0 Å². The van der Waals surface area contributed by atoms with E-state index in [1.807, 2.05) is 30.3 Å². The third-order valence-corrected chi connectivity index (χ3v) is 1.82. The number of ether oxygens (including phenoxy) is 1. The second-order valence-corrected chi connectivity index (χ2v) is 3.15. The molecule has 0 spiro atoms. The fraction of sp³-hybridized carbons (Fsp3) is 0.273. The molecule has 0 bridgehead atoms. The largest absolute Gasteiger partial charge is 0.461 e. The Hall–Kier alpha value is -1.68. The number of rotatable bonds is 5. The molecule has 0 saturated carbocycles. The Morgan fingerprint density at radius 3 is 2.67 bits per heavy atom. The quantitative estimate of drug-likeness (QED) is 0.568. The first-order valence-electron chi connectivity index (χ1n) is 4.63. The molecule has 1 rings (SSSR count). The summed E-state index contributed by atoms with van der Waals surface area (Å²) >= 11 is 0. The maximum Gasteiger partial charge on any atom is 0.308 e. The zero-order valence-corrected chi connectivity index (χ0v) is 8.26. The van der Waals surface area contributed by atoms with Gasteiger partial charge in [0.25, 0.3) is 0 Å². The zero-order chi connectivity index (χ0) is 11.1. The van der Waals surface area contributed by atoms with Crippen molar-refractivity contribution in [2.45, 2.75) is 19.1 Å². The van der Waals surface area contributed by atoms with E-state index in [4.69, 9.17) is 10.5 Å². The number of carbonyl (C=O) groups is 2. The molecule has 0 aliphatic heterocycles. The Labute approximate surface area is 88.0 Å². The second kappa shape index (κ2) is 5.93. The molecule has 15 heavy (non-hydrogen) atoms. The van der Waals surface area contributed by atoms with Gasteiger partial charge in [-0.05, 0) is 5.56 Å². The van der Waals surface area contributed by atoms with E-state index in [0.29, 0.717) is 6.29 Å². The molecular weight excluding hydrogens is 194 g/mol. The van der Waals surface area contributed by atoms with Crippen LogP contribution in [0.15, 0.2) is 30.3 Å². The van der Waals surface area contributed by atoms with Crippen molar-refractivity contribution in [3.8, 4) is 0 Å². The standard InChI is InChI=1S/C11H13NO3/c12-10(7-13)6-11(14)15-8-9-4-2-1-3-5-9/h1-5,7,10H,6,8,12H2/t10-/m0/s1. The summed E-state index contributed by atoms with van der Waals surface area (Å²) in [4.78, 5) is 21.3. The van der Waals surface area contributed by atoms with Crippen LogP contribution in [0.5, 0.6) is 0 Å². The van der Waals surface area contributed by atoms with Crippen LogP contribution in [0.25, 0.3) is 0 Å². The molecule has 0 aliphatic carbocycles. The summed E-state index contributed by atoms with van der Waals surface area (Å²) in [6, 6.07) is 8.54. The molecule has 4 heteroatoms. The summed E-state index contributed by atoms with van der Waals surface area (Å²) in [5, 5.41) is 0. The van der Waals surface area contributed by atoms with Crippen LogP contribution in [0, 0.1) is 0 Å². The SMILES string of the molecule is N[C@H](C=O)CC(=O)OCc1ccccc1. The minimum atomic E-state index is -0.770. The van der Waals surface area contributed by atoms with Gasteiger partial charge in [-0.1, -0.05) is 30.3 Å². The molecule has 0 unspecified atom stereocenters. The molecule has 0 amide bonds. The highest BCUT2D eigenvalue weighted by Gasteiger charge is 2.09. The molecule has 80 valence electrons. The molecule has 1 aromatic carbocycles. The van der Waals surface area contributed by atoms with Crippen molar-refractivity contribution in [2.24, 2.45) is 5.73 Å². The van der Waals surface area contributed by atoms with Crippen LogP contribution >= 0.6 is 0 Å². The first kappa shape index (κ1) is 11.4. The third-order valence-electron chi connectivity index (χ3n) is 1.82. The Kier molecular flexibility index (Phi) is 4.50. The molecule has 0 aliphatic rings. The van der Waals surface area contributed by atoms with E-state index in [-0.39, 0.29) is 13.0 Å². The lowest BCUT2D eigenvalue weighted by Crippen LogP contribution is -2.26. The van der Waals surface area contributed by atoms with Gasteiger partial charge in [-0.3, -0.25) is 4.79 Å². The predicted octanol–water partition coefficient (Wildman–Crippen LogP) is 0.646. The van der Waals surface area contributed by atoms with Gasteiger partial charge in [-0.25, -0.2) is 0 Å². The lowest BCUT2D eigenvalue weighted by atomic mass is 10.2. The summed E-state index contributed by atoms with van der Waals surface area (Å²) in [5.41, 5.74) is 6.18. The molecule has 0 radical (unpaired) electrons. The van der Waals surface area contributed by atoms with Crippen molar-refractivity contribution < 1.29 is 14.3 Å². The lowest BCUT2D eigenvalue weighted by Gasteiger charge is -2.05. The minimum Gasteiger partial charge on any atom is -0.461 e. The predicted molar refractivity (Wildman–Crippen MR) is 54.9 cm³/mol. The molecule has 1 aromatic rings. The maximum absolute atomic E-state index is 11.1. The highest BCUT2D eigenvalue weighted by molar-refractivity contribution is 5.75. The van der Waals surface area contributed by atoms with Crippen molar-refractivity contribution >= 4 is 12.3 Å². The van der Waals surface area contributed by atoms with Gasteiger partial charge < -0.3 is 15.3 Å². The van der Waals surface area contributed by atoms with Crippen LogP contribution in [0.4, 0.5) is 0 Å². The van der Waals surface area contributed by atoms with Gasteiger partial charge in [-0.15, -0.1) is 0 Å². The van der Waals surface area contributed by atoms with Gasteiger partial charge in [0.15, 0.2) is 0 Å². The van der Waals surface area contributed by atoms with Crippen LogP contribution < -0.4 is 5.73 Å². The average molecular weight is 207 g/mol. The number of aldehydes is 1. The van der Waals surface area contributed by atoms with E-state index in [0.717, 1.165) is 5.56 Å². The smallest absolute Gasteiger partial charge is 0.308 e. The molecule has 0 saturated heterocycles. The van der Waals surface area contributed by atoms with Crippen LogP contribution in [-0.2, 0) is 20.9 Å². The zero-order valence-electron chi connectivity index (χ0n) is 8.26. The fourth-order valence-corrected chi connectivity index (χ4v) is 1.04. The van der Waals surface area contributed by atoms with Crippen molar-refractivity contribution in [3.05, 3.63) is 35.9 Å². The number of carbonyl (C=O) groups excluding carboxylic acids is 2. The molecule has 2 N–H and O–H groups in total. The van der Waals surface area contributed by atoms with Gasteiger partial charge >= 0.3 is 5.97 Å². The highest BCUT2D eigenvalue weighted by Crippen LogP contribution is 2.01. The second-order valence-electron chi connectivity index (χ2n) is 3.15. The third kappa shape index (κ3) is 4.37. The van der Waals surface area contributed by atoms with Crippen molar-refractivity contribution in [1.29, 1.82) is 0 Å². The van der Waals surface area contributed by atoms with Crippen LogP contribution in [0.3, 0.4) is 0 Å². The van der Waals surface area contributed by atoms with E-state index in [9.17, 15) is 9.59 Å². The molecule has 0 fully saturated rings. The summed E-state index contributed by atoms with van der Waals surface area (Å²) in [7, 11) is 0. The Balaban J connectivity index is 2.31. The van der Waals surface area contributed by atoms with Crippen molar-refractivity contribution in [3.63, 3.8) is 0 Å². The number of hydrogen-bond donors (Lipinski definition) is 1. The number of esters is 1. The van der Waals surface area contributed by atoms with Gasteiger partial charge in [0.2, 0.25) is 0 Å². The maximum atomic E-state index is 11.1. The van der Waals surface area contributed by atoms with Gasteiger partial charge in [0.05, 0.1) is 12.5 Å². The molecular formula is C11H13NO3. The van der Waals surface area contributed by atoms with E-state index in [1.165, 1.54) is 0 Å². The first-order chi connectivity index (χ1) is 7.22. The number of nitrogens with two attached hydrogens (primary N) is 1. The first-order valence-corrected chi connectivity index (χ1v) is 4.63. The monoisotopic (exact) mass is 207 g/mol. The number of benzene rings is 1. The van der Waals surface area contributed by atoms with E-state index in [1.54, 1.807) is 0 Å². The lowest BCUT2D eigenvalue weighted by molar-refractivity contribution is -0.145. The average Bonchev–Trinajstić information content (AvgIpc) is 2.27. The fourth-order valence-electron chi connectivity index (χ4n) is 1.04. The summed E-state index contributed by atoms with van der Waals surface area (Å²) in [5.74, 6) is -0.460. The summed E-state index contributed by atoms with van der Waals surface area (Å²) in [6.45, 7) is 0.214. The topological polar surface area (TPSA) is 69.4 Å². The van der Waals surface area contributed by atoms with Crippen molar-refractivity contribution in [2.75, 3.05) is 0 Å². The van der Waals surface area contributed by atoms with Gasteiger partial charge in [0, 0.05) is 0 Å². The van der Waals surface area contributed by atoms with E-state index < -0.39 is 12.0 Å². The number of hydrogen-bond acceptors (Lipinski definition) is 4. The summed E-state index contributed by atoms with van der Waals surface area (Å²) < 4.78 is 4.92. The normalized spacial score (nSPS) is 11.8. The van der Waals surface area contributed by atoms with Gasteiger partial charge in [0.1, 0.15) is 12.9 Å². The molecule has 0 aromatic heterocycles.